The average molecular weight is 238 g/mol. The molecule has 0 aliphatic carbocycles. The molecule has 0 nitrogen and oxygen atoms in total. The topological polar surface area (TPSA) is 0 Å². The van der Waals surface area contributed by atoms with Crippen LogP contribution in [0.3, 0.4) is 0 Å². The summed E-state index contributed by atoms with van der Waals surface area (Å²) in [6.07, 6.45) is 1.04. The molecule has 0 aromatic heterocycles. The van der Waals surface area contributed by atoms with E-state index in [2.05, 4.69) is 13.8 Å². The molecule has 72 valence electrons. The summed E-state index contributed by atoms with van der Waals surface area (Å²) >= 11 is 17.8. The first-order valence-electron chi connectivity index (χ1n) is 4.21. The normalized spacial score (nSPS) is 13.0. The predicted octanol–water partition coefficient (Wildman–Crippen LogP) is 5.16. The molecule has 3 heteroatoms. The second kappa shape index (κ2) is 4.54. The molecule has 0 radical (unpaired) electrons. The fraction of sp³-hybridized carbons (Fsp3) is 0.400. The van der Waals surface area contributed by atoms with E-state index in [1.807, 2.05) is 6.07 Å². The van der Waals surface area contributed by atoms with Crippen molar-refractivity contribution in [1.29, 1.82) is 0 Å². The fourth-order valence-corrected chi connectivity index (χ4v) is 1.87. The van der Waals surface area contributed by atoms with E-state index in [1.54, 1.807) is 6.07 Å². The fourth-order valence-electron chi connectivity index (χ4n) is 1.14. The first-order valence-corrected chi connectivity index (χ1v) is 5.34. The molecule has 0 aliphatic rings. The van der Waals surface area contributed by atoms with Crippen LogP contribution in [0.15, 0.2) is 12.1 Å². The van der Waals surface area contributed by atoms with Gasteiger partial charge in [-0.05, 0) is 24.0 Å². The second-order valence-corrected chi connectivity index (χ2v) is 4.24. The summed E-state index contributed by atoms with van der Waals surface area (Å²) in [6, 6.07) is 3.72. The van der Waals surface area contributed by atoms with Crippen molar-refractivity contribution in [1.82, 2.24) is 0 Å². The SMILES string of the molecule is CCC(C)c1ccc(Cl)c(Cl)c1Cl. The molecule has 0 saturated heterocycles. The van der Waals surface area contributed by atoms with Crippen molar-refractivity contribution in [3.8, 4) is 0 Å². The van der Waals surface area contributed by atoms with Crippen LogP contribution in [0.25, 0.3) is 0 Å². The molecule has 0 N–H and O–H groups in total. The monoisotopic (exact) mass is 236 g/mol. The Hall–Kier alpha value is 0.0900. The third-order valence-electron chi connectivity index (χ3n) is 2.21. The third-order valence-corrected chi connectivity index (χ3v) is 3.52. The van der Waals surface area contributed by atoms with Crippen molar-refractivity contribution in [3.63, 3.8) is 0 Å². The van der Waals surface area contributed by atoms with Gasteiger partial charge in [0.2, 0.25) is 0 Å². The lowest BCUT2D eigenvalue weighted by Crippen LogP contribution is -1.92. The minimum absolute atomic E-state index is 0.419. The van der Waals surface area contributed by atoms with Gasteiger partial charge in [-0.3, -0.25) is 0 Å². The van der Waals surface area contributed by atoms with Crippen molar-refractivity contribution >= 4 is 34.8 Å². The second-order valence-electron chi connectivity index (χ2n) is 3.07. The molecule has 0 bridgehead atoms. The molecule has 13 heavy (non-hydrogen) atoms. The van der Waals surface area contributed by atoms with Crippen LogP contribution < -0.4 is 0 Å². The van der Waals surface area contributed by atoms with Crippen LogP contribution in [0.4, 0.5) is 0 Å². The Bertz CT molecular complexity index is 307. The van der Waals surface area contributed by atoms with Crippen LogP contribution in [-0.4, -0.2) is 0 Å². The Labute approximate surface area is 93.8 Å². The summed E-state index contributed by atoms with van der Waals surface area (Å²) in [7, 11) is 0. The maximum atomic E-state index is 6.06. The van der Waals surface area contributed by atoms with Crippen molar-refractivity contribution in [2.75, 3.05) is 0 Å². The van der Waals surface area contributed by atoms with Gasteiger partial charge in [0.1, 0.15) is 0 Å². The number of halogens is 3. The number of benzene rings is 1. The smallest absolute Gasteiger partial charge is 0.0781 e. The van der Waals surface area contributed by atoms with Crippen LogP contribution in [0.5, 0.6) is 0 Å². The molecule has 0 amide bonds. The zero-order chi connectivity index (χ0) is 10.0. The van der Waals surface area contributed by atoms with Crippen LogP contribution in [-0.2, 0) is 0 Å². The van der Waals surface area contributed by atoms with E-state index in [9.17, 15) is 0 Å². The van der Waals surface area contributed by atoms with Crippen molar-refractivity contribution < 1.29 is 0 Å². The number of rotatable bonds is 2. The molecule has 1 rings (SSSR count). The summed E-state index contributed by atoms with van der Waals surface area (Å²) in [4.78, 5) is 0. The molecule has 0 saturated carbocycles. The van der Waals surface area contributed by atoms with Gasteiger partial charge in [0.15, 0.2) is 0 Å². The first kappa shape index (κ1) is 11.2. The Morgan fingerprint density at radius 2 is 1.77 bits per heavy atom. The summed E-state index contributed by atoms with van der Waals surface area (Å²) < 4.78 is 0. The van der Waals surface area contributed by atoms with Crippen LogP contribution in [0.1, 0.15) is 31.7 Å². The first-order chi connectivity index (χ1) is 6.07. The van der Waals surface area contributed by atoms with E-state index in [0.717, 1.165) is 12.0 Å². The van der Waals surface area contributed by atoms with Gasteiger partial charge in [0, 0.05) is 0 Å². The standard InChI is InChI=1S/C10H11Cl3/c1-3-6(2)7-4-5-8(11)10(13)9(7)12/h4-6H,3H2,1-2H3. The maximum Gasteiger partial charge on any atom is 0.0781 e. The van der Waals surface area contributed by atoms with Gasteiger partial charge in [0.05, 0.1) is 15.1 Å². The van der Waals surface area contributed by atoms with Crippen LogP contribution >= 0.6 is 34.8 Å². The molecule has 1 atom stereocenters. The number of hydrogen-bond acceptors (Lipinski definition) is 0. The van der Waals surface area contributed by atoms with E-state index in [1.165, 1.54) is 0 Å². The molecule has 1 unspecified atom stereocenters. The van der Waals surface area contributed by atoms with Crippen molar-refractivity contribution in [2.24, 2.45) is 0 Å². The van der Waals surface area contributed by atoms with Gasteiger partial charge in [-0.25, -0.2) is 0 Å². The molecule has 1 aromatic carbocycles. The molecular formula is C10H11Cl3. The van der Waals surface area contributed by atoms with E-state index < -0.39 is 0 Å². The van der Waals surface area contributed by atoms with Crippen LogP contribution in [0, 0.1) is 0 Å². The quantitative estimate of drug-likeness (QED) is 0.623. The van der Waals surface area contributed by atoms with E-state index in [4.69, 9.17) is 34.8 Å². The minimum atomic E-state index is 0.419. The predicted molar refractivity (Wildman–Crippen MR) is 60.2 cm³/mol. The molecule has 0 spiro atoms. The van der Waals surface area contributed by atoms with Gasteiger partial charge < -0.3 is 0 Å². The lowest BCUT2D eigenvalue weighted by molar-refractivity contribution is 0.734. The lowest BCUT2D eigenvalue weighted by Gasteiger charge is -2.12. The summed E-state index contributed by atoms with van der Waals surface area (Å²) in [6.45, 7) is 4.23. The van der Waals surface area contributed by atoms with E-state index >= 15 is 0 Å². The van der Waals surface area contributed by atoms with E-state index in [0.29, 0.717) is 21.0 Å². The van der Waals surface area contributed by atoms with Crippen LogP contribution in [0.2, 0.25) is 15.1 Å². The zero-order valence-electron chi connectivity index (χ0n) is 7.57. The highest BCUT2D eigenvalue weighted by atomic mass is 35.5. The van der Waals surface area contributed by atoms with Gasteiger partial charge in [-0.2, -0.15) is 0 Å². The number of hydrogen-bond donors (Lipinski definition) is 0. The molecule has 1 aromatic rings. The third kappa shape index (κ3) is 2.31. The lowest BCUT2D eigenvalue weighted by atomic mass is 9.99. The average Bonchev–Trinajstić information content (AvgIpc) is 2.13. The largest absolute Gasteiger partial charge is 0.0827 e. The van der Waals surface area contributed by atoms with Gasteiger partial charge in [0.25, 0.3) is 0 Å². The Kier molecular flexibility index (Phi) is 3.90. The highest BCUT2D eigenvalue weighted by molar-refractivity contribution is 6.48. The summed E-state index contributed by atoms with van der Waals surface area (Å²) in [5, 5.41) is 1.56. The zero-order valence-corrected chi connectivity index (χ0v) is 9.84. The Morgan fingerprint density at radius 1 is 1.15 bits per heavy atom. The molecular weight excluding hydrogens is 226 g/mol. The minimum Gasteiger partial charge on any atom is -0.0827 e. The van der Waals surface area contributed by atoms with Gasteiger partial charge in [-0.15, -0.1) is 0 Å². The summed E-state index contributed by atoms with van der Waals surface area (Å²) in [5.74, 6) is 0.419. The van der Waals surface area contributed by atoms with Crippen molar-refractivity contribution in [2.45, 2.75) is 26.2 Å². The summed E-state index contributed by atoms with van der Waals surface area (Å²) in [5.41, 5.74) is 1.07. The molecule has 0 heterocycles. The highest BCUT2D eigenvalue weighted by Crippen LogP contribution is 2.36. The maximum absolute atomic E-state index is 6.06. The van der Waals surface area contributed by atoms with Gasteiger partial charge >= 0.3 is 0 Å². The molecule has 0 aliphatic heterocycles. The Balaban J connectivity index is 3.18. The van der Waals surface area contributed by atoms with E-state index in [-0.39, 0.29) is 0 Å². The highest BCUT2D eigenvalue weighted by Gasteiger charge is 2.12. The molecule has 0 fully saturated rings. The van der Waals surface area contributed by atoms with Crippen molar-refractivity contribution in [3.05, 3.63) is 32.8 Å². The van der Waals surface area contributed by atoms with Gasteiger partial charge in [-0.1, -0.05) is 54.7 Å². The Morgan fingerprint density at radius 3 is 2.31 bits per heavy atom.